The molecular weight excluding hydrogens is 412 g/mol. The summed E-state index contributed by atoms with van der Waals surface area (Å²) in [6.45, 7) is -0.224. The SMILES string of the molecule is O=c1c(C(F)(F)F)cc(C2CC2)nn1CC[S@](=O)c1cc(Cl)ccc1Cl. The summed E-state index contributed by atoms with van der Waals surface area (Å²) in [7, 11) is -1.64. The smallest absolute Gasteiger partial charge is 0.267 e. The van der Waals surface area contributed by atoms with E-state index in [1.54, 1.807) is 0 Å². The molecule has 0 N–H and O–H groups in total. The van der Waals surface area contributed by atoms with Crippen molar-refractivity contribution in [1.29, 1.82) is 0 Å². The van der Waals surface area contributed by atoms with E-state index < -0.39 is 28.1 Å². The van der Waals surface area contributed by atoms with Crippen LogP contribution in [0.3, 0.4) is 0 Å². The molecule has 2 aromatic rings. The Balaban J connectivity index is 1.87. The van der Waals surface area contributed by atoms with Gasteiger partial charge in [-0.25, -0.2) is 4.68 Å². The van der Waals surface area contributed by atoms with Gasteiger partial charge in [0.2, 0.25) is 0 Å². The van der Waals surface area contributed by atoms with E-state index in [0.29, 0.717) is 5.02 Å². The average molecular weight is 425 g/mol. The summed E-state index contributed by atoms with van der Waals surface area (Å²) in [6.07, 6.45) is -3.28. The van der Waals surface area contributed by atoms with Gasteiger partial charge in [0.15, 0.2) is 0 Å². The van der Waals surface area contributed by atoms with Crippen LogP contribution in [0.1, 0.15) is 30.0 Å². The Morgan fingerprint density at radius 2 is 1.92 bits per heavy atom. The Morgan fingerprint density at radius 1 is 1.23 bits per heavy atom. The van der Waals surface area contributed by atoms with E-state index >= 15 is 0 Å². The van der Waals surface area contributed by atoms with Crippen molar-refractivity contribution in [3.8, 4) is 0 Å². The van der Waals surface area contributed by atoms with Crippen LogP contribution < -0.4 is 5.56 Å². The van der Waals surface area contributed by atoms with Gasteiger partial charge in [-0.3, -0.25) is 9.00 Å². The molecule has 1 aromatic heterocycles. The van der Waals surface area contributed by atoms with Crippen molar-refractivity contribution < 1.29 is 17.4 Å². The number of alkyl halides is 3. The molecule has 0 saturated heterocycles. The molecule has 0 aliphatic heterocycles. The third-order valence-electron chi connectivity index (χ3n) is 3.92. The first kappa shape index (κ1) is 19.4. The van der Waals surface area contributed by atoms with Crippen molar-refractivity contribution in [2.75, 3.05) is 5.75 Å². The monoisotopic (exact) mass is 424 g/mol. The van der Waals surface area contributed by atoms with Crippen LogP contribution in [0, 0.1) is 0 Å². The standard InChI is InChI=1S/C16H13Cl2F3N2O2S/c17-10-3-4-12(18)14(7-10)26(25)6-5-23-15(24)11(16(19,20)21)8-13(22-23)9-1-2-9/h3-4,7-9H,1-2,5-6H2/t26-/m0/s1. The summed E-state index contributed by atoms with van der Waals surface area (Å²) in [5.74, 6) is -0.172. The van der Waals surface area contributed by atoms with E-state index in [1.807, 2.05) is 0 Å². The zero-order valence-corrected chi connectivity index (χ0v) is 15.6. The number of hydrogen-bond donors (Lipinski definition) is 0. The number of rotatable bonds is 5. The Kier molecular flexibility index (Phi) is 5.46. The molecule has 0 amide bonds. The first-order chi connectivity index (χ1) is 12.2. The van der Waals surface area contributed by atoms with E-state index in [2.05, 4.69) is 5.10 Å². The molecule has 1 fully saturated rings. The average Bonchev–Trinajstić information content (AvgIpc) is 3.39. The van der Waals surface area contributed by atoms with Gasteiger partial charge in [-0.2, -0.15) is 18.3 Å². The highest BCUT2D eigenvalue weighted by Gasteiger charge is 2.37. The number of aromatic nitrogens is 2. The van der Waals surface area contributed by atoms with Crippen LogP contribution in [0.5, 0.6) is 0 Å². The normalized spacial score (nSPS) is 15.9. The van der Waals surface area contributed by atoms with Gasteiger partial charge < -0.3 is 0 Å². The Labute approximate surface area is 159 Å². The molecule has 3 rings (SSSR count). The van der Waals surface area contributed by atoms with Crippen molar-refractivity contribution >= 4 is 34.0 Å². The molecule has 1 aliphatic rings. The Bertz CT molecular complexity index is 927. The van der Waals surface area contributed by atoms with E-state index in [4.69, 9.17) is 23.2 Å². The van der Waals surface area contributed by atoms with Gasteiger partial charge in [-0.15, -0.1) is 0 Å². The predicted molar refractivity (Wildman–Crippen MR) is 93.2 cm³/mol. The van der Waals surface area contributed by atoms with Crippen LogP contribution in [-0.4, -0.2) is 19.7 Å². The van der Waals surface area contributed by atoms with Gasteiger partial charge in [-0.05, 0) is 37.1 Å². The molecule has 10 heteroatoms. The van der Waals surface area contributed by atoms with Crippen LogP contribution in [0.15, 0.2) is 34.0 Å². The van der Waals surface area contributed by atoms with Crippen LogP contribution in [0.25, 0.3) is 0 Å². The lowest BCUT2D eigenvalue weighted by atomic mass is 10.2. The van der Waals surface area contributed by atoms with E-state index in [9.17, 15) is 22.2 Å². The summed E-state index contributed by atoms with van der Waals surface area (Å²) in [5.41, 5.74) is -2.25. The zero-order valence-electron chi connectivity index (χ0n) is 13.2. The second-order valence-electron chi connectivity index (χ2n) is 5.91. The van der Waals surface area contributed by atoms with E-state index in [-0.39, 0.29) is 33.8 Å². The summed E-state index contributed by atoms with van der Waals surface area (Å²) in [6, 6.07) is 5.27. The summed E-state index contributed by atoms with van der Waals surface area (Å²) in [5, 5.41) is 4.59. The third-order valence-corrected chi connectivity index (χ3v) is 5.98. The first-order valence-electron chi connectivity index (χ1n) is 7.69. The van der Waals surface area contributed by atoms with Crippen LogP contribution >= 0.6 is 23.2 Å². The highest BCUT2D eigenvalue weighted by atomic mass is 35.5. The maximum absolute atomic E-state index is 13.1. The molecule has 140 valence electrons. The quantitative estimate of drug-likeness (QED) is 0.720. The maximum atomic E-state index is 13.1. The van der Waals surface area contributed by atoms with Gasteiger partial charge in [0, 0.05) is 16.7 Å². The molecule has 1 saturated carbocycles. The van der Waals surface area contributed by atoms with Crippen LogP contribution in [0.2, 0.25) is 10.0 Å². The number of halogens is 5. The minimum Gasteiger partial charge on any atom is -0.267 e. The van der Waals surface area contributed by atoms with Gasteiger partial charge in [0.1, 0.15) is 5.56 Å². The predicted octanol–water partition coefficient (Wildman–Crippen LogP) is 4.25. The number of nitrogens with zero attached hydrogens (tertiary/aromatic N) is 2. The lowest BCUT2D eigenvalue weighted by Crippen LogP contribution is -2.32. The number of hydrogen-bond acceptors (Lipinski definition) is 3. The summed E-state index contributed by atoms with van der Waals surface area (Å²) >= 11 is 11.8. The summed E-state index contributed by atoms with van der Waals surface area (Å²) in [4.78, 5) is 12.4. The van der Waals surface area contributed by atoms with Gasteiger partial charge in [-0.1, -0.05) is 23.2 Å². The zero-order chi connectivity index (χ0) is 19.1. The van der Waals surface area contributed by atoms with Crippen molar-refractivity contribution in [3.63, 3.8) is 0 Å². The fraction of sp³-hybridized carbons (Fsp3) is 0.375. The fourth-order valence-corrected chi connectivity index (χ4v) is 4.14. The van der Waals surface area contributed by atoms with E-state index in [0.717, 1.165) is 23.6 Å². The second kappa shape index (κ2) is 7.32. The van der Waals surface area contributed by atoms with Crippen LogP contribution in [-0.2, 0) is 23.5 Å². The molecular formula is C16H13Cl2F3N2O2S. The Morgan fingerprint density at radius 3 is 2.54 bits per heavy atom. The molecule has 1 heterocycles. The van der Waals surface area contributed by atoms with Crippen molar-refractivity contribution in [2.45, 2.75) is 36.4 Å². The molecule has 1 aromatic carbocycles. The fourth-order valence-electron chi connectivity index (χ4n) is 2.43. The minimum atomic E-state index is -4.76. The lowest BCUT2D eigenvalue weighted by molar-refractivity contribution is -0.139. The second-order valence-corrected chi connectivity index (χ2v) is 8.29. The van der Waals surface area contributed by atoms with Gasteiger partial charge in [0.05, 0.1) is 33.0 Å². The molecule has 26 heavy (non-hydrogen) atoms. The molecule has 0 spiro atoms. The molecule has 0 unspecified atom stereocenters. The van der Waals surface area contributed by atoms with Crippen molar-refractivity contribution in [3.05, 3.63) is 55.9 Å². The largest absolute Gasteiger partial charge is 0.421 e. The van der Waals surface area contributed by atoms with Crippen LogP contribution in [0.4, 0.5) is 13.2 Å². The number of benzene rings is 1. The van der Waals surface area contributed by atoms with Gasteiger partial charge in [0.25, 0.3) is 5.56 Å². The minimum absolute atomic E-state index is 0.0594. The molecule has 0 bridgehead atoms. The molecule has 4 nitrogen and oxygen atoms in total. The van der Waals surface area contributed by atoms with Gasteiger partial charge >= 0.3 is 6.18 Å². The van der Waals surface area contributed by atoms with E-state index in [1.165, 1.54) is 18.2 Å². The van der Waals surface area contributed by atoms with Crippen molar-refractivity contribution in [2.24, 2.45) is 0 Å². The summed E-state index contributed by atoms with van der Waals surface area (Å²) < 4.78 is 52.5. The Hall–Kier alpha value is -1.38. The molecule has 1 aliphatic carbocycles. The topological polar surface area (TPSA) is 52.0 Å². The number of aryl methyl sites for hydroxylation is 1. The van der Waals surface area contributed by atoms with Crippen molar-refractivity contribution in [1.82, 2.24) is 9.78 Å². The molecule has 1 atom stereocenters. The maximum Gasteiger partial charge on any atom is 0.421 e. The third kappa shape index (κ3) is 4.29. The molecule has 0 radical (unpaired) electrons. The first-order valence-corrected chi connectivity index (χ1v) is 9.77. The lowest BCUT2D eigenvalue weighted by Gasteiger charge is -2.12. The highest BCUT2D eigenvalue weighted by Crippen LogP contribution is 2.40. The highest BCUT2D eigenvalue weighted by molar-refractivity contribution is 7.85.